The van der Waals surface area contributed by atoms with Gasteiger partial charge in [0.2, 0.25) is 0 Å². The van der Waals surface area contributed by atoms with E-state index in [0.29, 0.717) is 6.04 Å². The van der Waals surface area contributed by atoms with Crippen molar-refractivity contribution in [3.05, 3.63) is 30.2 Å². The smallest absolute Gasteiger partial charge is 0.160 e. The van der Waals surface area contributed by atoms with E-state index in [1.165, 1.54) is 38.9 Å². The molecule has 20 heavy (non-hydrogen) atoms. The number of piperidine rings is 1. The SMILES string of the molecule is CCCN1CCC(NCc2nnc3ccccn23)CC1. The average molecular weight is 273 g/mol. The topological polar surface area (TPSA) is 45.5 Å². The van der Waals surface area contributed by atoms with Gasteiger partial charge in [-0.3, -0.25) is 4.40 Å². The van der Waals surface area contributed by atoms with Crippen LogP contribution in [0.1, 0.15) is 32.0 Å². The quantitative estimate of drug-likeness (QED) is 0.900. The van der Waals surface area contributed by atoms with E-state index in [2.05, 4.69) is 31.7 Å². The number of fused-ring (bicyclic) bond motifs is 1. The summed E-state index contributed by atoms with van der Waals surface area (Å²) in [4.78, 5) is 2.56. The molecule has 3 heterocycles. The zero-order chi connectivity index (χ0) is 13.8. The summed E-state index contributed by atoms with van der Waals surface area (Å²) in [6, 6.07) is 6.60. The highest BCUT2D eigenvalue weighted by molar-refractivity contribution is 5.36. The summed E-state index contributed by atoms with van der Waals surface area (Å²) in [6.45, 7) is 6.71. The Morgan fingerprint density at radius 2 is 2.10 bits per heavy atom. The number of rotatable bonds is 5. The summed E-state index contributed by atoms with van der Waals surface area (Å²) in [5, 5.41) is 12.1. The molecule has 5 heteroatoms. The van der Waals surface area contributed by atoms with Crippen LogP contribution in [0.5, 0.6) is 0 Å². The third-order valence-corrected chi connectivity index (χ3v) is 4.06. The summed E-state index contributed by atoms with van der Waals surface area (Å²) >= 11 is 0. The van der Waals surface area contributed by atoms with Gasteiger partial charge < -0.3 is 10.2 Å². The van der Waals surface area contributed by atoms with Gasteiger partial charge in [-0.15, -0.1) is 10.2 Å². The summed E-state index contributed by atoms with van der Waals surface area (Å²) in [7, 11) is 0. The molecular formula is C15H23N5. The third kappa shape index (κ3) is 2.99. The van der Waals surface area contributed by atoms with Crippen molar-refractivity contribution in [3.63, 3.8) is 0 Å². The van der Waals surface area contributed by atoms with Crippen molar-refractivity contribution >= 4 is 5.65 Å². The van der Waals surface area contributed by atoms with Crippen LogP contribution in [-0.4, -0.2) is 45.2 Å². The van der Waals surface area contributed by atoms with Crippen LogP contribution < -0.4 is 5.32 Å². The number of nitrogens with zero attached hydrogens (tertiary/aromatic N) is 4. The summed E-state index contributed by atoms with van der Waals surface area (Å²) in [5.41, 5.74) is 0.919. The minimum absolute atomic E-state index is 0.610. The van der Waals surface area contributed by atoms with Crippen LogP contribution in [-0.2, 0) is 6.54 Å². The Labute approximate surface area is 120 Å². The number of nitrogens with one attached hydrogen (secondary N) is 1. The monoisotopic (exact) mass is 273 g/mol. The zero-order valence-corrected chi connectivity index (χ0v) is 12.1. The third-order valence-electron chi connectivity index (χ3n) is 4.06. The number of aromatic nitrogens is 3. The minimum Gasteiger partial charge on any atom is -0.307 e. The van der Waals surface area contributed by atoms with Gasteiger partial charge in [0.15, 0.2) is 11.5 Å². The summed E-state index contributed by atoms with van der Waals surface area (Å²) in [5.74, 6) is 0.997. The second-order valence-corrected chi connectivity index (χ2v) is 5.54. The Hall–Kier alpha value is -1.46. The predicted molar refractivity (Wildman–Crippen MR) is 79.6 cm³/mol. The molecular weight excluding hydrogens is 250 g/mol. The Morgan fingerprint density at radius 3 is 2.90 bits per heavy atom. The average Bonchev–Trinajstić information content (AvgIpc) is 2.90. The fourth-order valence-corrected chi connectivity index (χ4v) is 2.92. The first kappa shape index (κ1) is 13.5. The largest absolute Gasteiger partial charge is 0.307 e. The molecule has 0 unspecified atom stereocenters. The molecule has 1 fully saturated rings. The van der Waals surface area contributed by atoms with Crippen LogP contribution in [0.4, 0.5) is 0 Å². The minimum atomic E-state index is 0.610. The molecule has 1 aliphatic rings. The van der Waals surface area contributed by atoms with Gasteiger partial charge in [0.25, 0.3) is 0 Å². The fraction of sp³-hybridized carbons (Fsp3) is 0.600. The van der Waals surface area contributed by atoms with E-state index in [1.807, 2.05) is 24.4 Å². The molecule has 0 aromatic carbocycles. The summed E-state index contributed by atoms with van der Waals surface area (Å²) < 4.78 is 2.05. The molecule has 0 saturated carbocycles. The highest BCUT2D eigenvalue weighted by Gasteiger charge is 2.18. The zero-order valence-electron chi connectivity index (χ0n) is 12.1. The van der Waals surface area contributed by atoms with Crippen molar-refractivity contribution in [2.75, 3.05) is 19.6 Å². The van der Waals surface area contributed by atoms with Crippen LogP contribution in [0.3, 0.4) is 0 Å². The normalized spacial score (nSPS) is 17.9. The van der Waals surface area contributed by atoms with Gasteiger partial charge in [0.05, 0.1) is 6.54 Å². The van der Waals surface area contributed by atoms with E-state index >= 15 is 0 Å². The Bertz CT molecular complexity index is 542. The van der Waals surface area contributed by atoms with Gasteiger partial charge in [0, 0.05) is 12.2 Å². The lowest BCUT2D eigenvalue weighted by atomic mass is 10.0. The second kappa shape index (κ2) is 6.33. The maximum Gasteiger partial charge on any atom is 0.160 e. The van der Waals surface area contributed by atoms with Gasteiger partial charge in [0.1, 0.15) is 0 Å². The molecule has 1 aliphatic heterocycles. The molecule has 108 valence electrons. The maximum atomic E-state index is 4.26. The molecule has 0 aliphatic carbocycles. The molecule has 2 aromatic heterocycles. The number of likely N-dealkylation sites (tertiary alicyclic amines) is 1. The molecule has 1 saturated heterocycles. The fourth-order valence-electron chi connectivity index (χ4n) is 2.92. The van der Waals surface area contributed by atoms with E-state index in [1.54, 1.807) is 0 Å². The Morgan fingerprint density at radius 1 is 1.25 bits per heavy atom. The highest BCUT2D eigenvalue weighted by Crippen LogP contribution is 2.11. The van der Waals surface area contributed by atoms with Crippen molar-refractivity contribution in [3.8, 4) is 0 Å². The molecule has 0 amide bonds. The van der Waals surface area contributed by atoms with Crippen molar-refractivity contribution in [2.45, 2.75) is 38.8 Å². The van der Waals surface area contributed by atoms with Crippen LogP contribution in [0, 0.1) is 0 Å². The van der Waals surface area contributed by atoms with Crippen molar-refractivity contribution in [2.24, 2.45) is 0 Å². The second-order valence-electron chi connectivity index (χ2n) is 5.54. The Kier molecular flexibility index (Phi) is 4.28. The molecule has 2 aromatic rings. The predicted octanol–water partition coefficient (Wildman–Crippen LogP) is 1.69. The first-order valence-electron chi connectivity index (χ1n) is 7.61. The van der Waals surface area contributed by atoms with Crippen LogP contribution in [0.2, 0.25) is 0 Å². The van der Waals surface area contributed by atoms with Crippen LogP contribution in [0.25, 0.3) is 5.65 Å². The molecule has 0 bridgehead atoms. The lowest BCUT2D eigenvalue weighted by molar-refractivity contribution is 0.197. The van der Waals surface area contributed by atoms with E-state index in [9.17, 15) is 0 Å². The molecule has 5 nitrogen and oxygen atoms in total. The number of hydrogen-bond donors (Lipinski definition) is 1. The first-order chi connectivity index (χ1) is 9.86. The standard InChI is InChI=1S/C15H23N5/c1-2-8-19-10-6-13(7-11-19)16-12-15-18-17-14-5-3-4-9-20(14)15/h3-5,9,13,16H,2,6-8,10-12H2,1H3. The van der Waals surface area contributed by atoms with E-state index < -0.39 is 0 Å². The van der Waals surface area contributed by atoms with Crippen LogP contribution >= 0.6 is 0 Å². The molecule has 3 rings (SSSR count). The van der Waals surface area contributed by atoms with E-state index in [4.69, 9.17) is 0 Å². The van der Waals surface area contributed by atoms with Crippen molar-refractivity contribution in [1.29, 1.82) is 0 Å². The van der Waals surface area contributed by atoms with Gasteiger partial charge in [-0.05, 0) is 51.0 Å². The molecule has 0 spiro atoms. The maximum absolute atomic E-state index is 4.26. The highest BCUT2D eigenvalue weighted by atomic mass is 15.3. The van der Waals surface area contributed by atoms with Gasteiger partial charge in [-0.2, -0.15) is 0 Å². The molecule has 1 N–H and O–H groups in total. The summed E-state index contributed by atoms with van der Waals surface area (Å²) in [6.07, 6.45) is 5.74. The first-order valence-corrected chi connectivity index (χ1v) is 7.61. The lowest BCUT2D eigenvalue weighted by Crippen LogP contribution is -2.42. The van der Waals surface area contributed by atoms with Crippen molar-refractivity contribution < 1.29 is 0 Å². The van der Waals surface area contributed by atoms with Crippen LogP contribution in [0.15, 0.2) is 24.4 Å². The number of pyridine rings is 1. The van der Waals surface area contributed by atoms with Crippen molar-refractivity contribution in [1.82, 2.24) is 24.8 Å². The molecule has 0 atom stereocenters. The van der Waals surface area contributed by atoms with E-state index in [-0.39, 0.29) is 0 Å². The molecule has 0 radical (unpaired) electrons. The van der Waals surface area contributed by atoms with Gasteiger partial charge in [-0.25, -0.2) is 0 Å². The van der Waals surface area contributed by atoms with E-state index in [0.717, 1.165) is 18.0 Å². The Balaban J connectivity index is 1.53. The number of hydrogen-bond acceptors (Lipinski definition) is 4. The lowest BCUT2D eigenvalue weighted by Gasteiger charge is -2.32. The van der Waals surface area contributed by atoms with Gasteiger partial charge in [-0.1, -0.05) is 13.0 Å². The van der Waals surface area contributed by atoms with Gasteiger partial charge >= 0.3 is 0 Å².